The summed E-state index contributed by atoms with van der Waals surface area (Å²) in [7, 11) is 0. The highest BCUT2D eigenvalue weighted by atomic mass is 16.3. The predicted octanol–water partition coefficient (Wildman–Crippen LogP) is 2.78. The number of nitrogens with one attached hydrogen (secondary N) is 1. The first kappa shape index (κ1) is 15.1. The quantitative estimate of drug-likeness (QED) is 0.916. The summed E-state index contributed by atoms with van der Waals surface area (Å²) >= 11 is 0. The molecule has 1 unspecified atom stereocenters. The van der Waals surface area contributed by atoms with Gasteiger partial charge in [0.15, 0.2) is 0 Å². The molecule has 22 heavy (non-hydrogen) atoms. The predicted molar refractivity (Wildman–Crippen MR) is 87.8 cm³/mol. The molecule has 3 rings (SSSR count). The van der Waals surface area contributed by atoms with Crippen molar-refractivity contribution in [1.29, 1.82) is 0 Å². The minimum Gasteiger partial charge on any atom is -0.388 e. The van der Waals surface area contributed by atoms with E-state index in [9.17, 15) is 9.90 Å². The normalized spacial score (nSPS) is 19.1. The summed E-state index contributed by atoms with van der Waals surface area (Å²) < 4.78 is 0. The van der Waals surface area contributed by atoms with E-state index >= 15 is 0 Å². The van der Waals surface area contributed by atoms with Crippen LogP contribution in [0.4, 0.5) is 0 Å². The van der Waals surface area contributed by atoms with E-state index in [1.54, 1.807) is 13.8 Å². The Morgan fingerprint density at radius 3 is 2.95 bits per heavy atom. The second-order valence-corrected chi connectivity index (χ2v) is 6.89. The Hall–Kier alpha value is -1.81. The van der Waals surface area contributed by atoms with Gasteiger partial charge in [-0.3, -0.25) is 4.79 Å². The number of fused-ring (bicyclic) bond motifs is 1. The highest BCUT2D eigenvalue weighted by Gasteiger charge is 2.38. The number of aromatic amines is 1. The van der Waals surface area contributed by atoms with Crippen LogP contribution in [0.3, 0.4) is 0 Å². The van der Waals surface area contributed by atoms with Crippen molar-refractivity contribution in [2.45, 2.75) is 51.7 Å². The van der Waals surface area contributed by atoms with Crippen LogP contribution in [0.25, 0.3) is 10.9 Å². The molecule has 0 aliphatic carbocycles. The van der Waals surface area contributed by atoms with Crippen LogP contribution < -0.4 is 0 Å². The number of benzene rings is 1. The Kier molecular flexibility index (Phi) is 3.73. The highest BCUT2D eigenvalue weighted by molar-refractivity contribution is 5.90. The van der Waals surface area contributed by atoms with Gasteiger partial charge in [-0.2, -0.15) is 0 Å². The van der Waals surface area contributed by atoms with Crippen LogP contribution >= 0.6 is 0 Å². The summed E-state index contributed by atoms with van der Waals surface area (Å²) in [6.07, 6.45) is 4.16. The number of carbonyl (C=O) groups excluding carboxylic acids is 1. The lowest BCUT2D eigenvalue weighted by Crippen LogP contribution is -2.48. The van der Waals surface area contributed by atoms with Gasteiger partial charge in [-0.05, 0) is 44.7 Å². The lowest BCUT2D eigenvalue weighted by Gasteiger charge is -2.33. The van der Waals surface area contributed by atoms with E-state index in [0.717, 1.165) is 35.9 Å². The molecule has 0 radical (unpaired) electrons. The van der Waals surface area contributed by atoms with E-state index in [0.29, 0.717) is 6.42 Å². The first-order valence-electron chi connectivity index (χ1n) is 7.95. The molecule has 0 saturated carbocycles. The average Bonchev–Trinajstić information content (AvgIpc) is 3.06. The largest absolute Gasteiger partial charge is 0.388 e. The van der Waals surface area contributed by atoms with Crippen LogP contribution in [0.5, 0.6) is 0 Å². The number of hydrogen-bond acceptors (Lipinski definition) is 2. The number of aliphatic hydroxyl groups is 1. The van der Waals surface area contributed by atoms with Gasteiger partial charge in [-0.25, -0.2) is 0 Å². The van der Waals surface area contributed by atoms with E-state index in [-0.39, 0.29) is 11.9 Å². The van der Waals surface area contributed by atoms with Gasteiger partial charge >= 0.3 is 0 Å². The zero-order chi connectivity index (χ0) is 15.9. The third-order valence-corrected chi connectivity index (χ3v) is 4.74. The number of amides is 1. The zero-order valence-electron chi connectivity index (χ0n) is 13.5. The fraction of sp³-hybridized carbons (Fsp3) is 0.500. The molecule has 1 atom stereocenters. The summed E-state index contributed by atoms with van der Waals surface area (Å²) in [6, 6.07) is 6.07. The maximum atomic E-state index is 12.7. The molecule has 0 bridgehead atoms. The molecule has 1 aliphatic rings. The highest BCUT2D eigenvalue weighted by Crippen LogP contribution is 2.28. The van der Waals surface area contributed by atoms with Gasteiger partial charge in [0.25, 0.3) is 0 Å². The second-order valence-electron chi connectivity index (χ2n) is 6.89. The first-order valence-corrected chi connectivity index (χ1v) is 7.95. The van der Waals surface area contributed by atoms with E-state index in [1.807, 2.05) is 17.2 Å². The zero-order valence-corrected chi connectivity index (χ0v) is 13.5. The number of rotatable bonds is 3. The Labute approximate surface area is 131 Å². The smallest absolute Gasteiger partial charge is 0.227 e. The summed E-state index contributed by atoms with van der Waals surface area (Å²) in [5.74, 6) is 0.104. The van der Waals surface area contributed by atoms with Crippen molar-refractivity contribution >= 4 is 16.8 Å². The van der Waals surface area contributed by atoms with Crippen LogP contribution in [-0.4, -0.2) is 39.1 Å². The van der Waals surface area contributed by atoms with E-state index < -0.39 is 5.60 Å². The molecular formula is C18H24N2O2. The molecule has 2 heterocycles. The molecule has 1 aromatic carbocycles. The number of para-hydroxylation sites is 1. The average molecular weight is 300 g/mol. The lowest BCUT2D eigenvalue weighted by atomic mass is 9.96. The van der Waals surface area contributed by atoms with Gasteiger partial charge in [0.05, 0.1) is 18.1 Å². The molecule has 1 aromatic heterocycles. The van der Waals surface area contributed by atoms with Crippen molar-refractivity contribution in [3.63, 3.8) is 0 Å². The van der Waals surface area contributed by atoms with Gasteiger partial charge in [0.2, 0.25) is 5.91 Å². The molecule has 1 fully saturated rings. The van der Waals surface area contributed by atoms with E-state index in [2.05, 4.69) is 24.0 Å². The maximum Gasteiger partial charge on any atom is 0.227 e. The Morgan fingerprint density at radius 2 is 2.23 bits per heavy atom. The molecule has 4 heteroatoms. The minimum absolute atomic E-state index is 0.0769. The summed E-state index contributed by atoms with van der Waals surface area (Å²) in [6.45, 7) is 6.39. The molecular weight excluding hydrogens is 276 g/mol. The van der Waals surface area contributed by atoms with Crippen molar-refractivity contribution < 1.29 is 9.90 Å². The topological polar surface area (TPSA) is 56.3 Å². The van der Waals surface area contributed by atoms with Crippen molar-refractivity contribution in [2.24, 2.45) is 0 Å². The third-order valence-electron chi connectivity index (χ3n) is 4.74. The summed E-state index contributed by atoms with van der Waals surface area (Å²) in [4.78, 5) is 17.8. The Morgan fingerprint density at radius 1 is 1.45 bits per heavy atom. The molecule has 4 nitrogen and oxygen atoms in total. The third kappa shape index (κ3) is 2.63. The summed E-state index contributed by atoms with van der Waals surface area (Å²) in [5.41, 5.74) is 2.48. The number of carbonyl (C=O) groups is 1. The number of aryl methyl sites for hydroxylation is 1. The number of hydrogen-bond donors (Lipinski definition) is 2. The Bertz CT molecular complexity index is 697. The lowest BCUT2D eigenvalue weighted by molar-refractivity contribution is -0.135. The molecule has 118 valence electrons. The molecule has 2 aromatic rings. The number of nitrogens with zero attached hydrogens (tertiary/aromatic N) is 1. The SMILES string of the molecule is Cc1cccc2c(CC(=O)N3CCCC3C(C)(C)O)c[nH]c12. The molecule has 1 aliphatic heterocycles. The molecule has 1 saturated heterocycles. The summed E-state index contributed by atoms with van der Waals surface area (Å²) in [5, 5.41) is 11.4. The fourth-order valence-electron chi connectivity index (χ4n) is 3.57. The Balaban J connectivity index is 1.83. The second kappa shape index (κ2) is 5.43. The minimum atomic E-state index is -0.844. The van der Waals surface area contributed by atoms with Crippen molar-refractivity contribution in [3.8, 4) is 0 Å². The molecule has 2 N–H and O–H groups in total. The van der Waals surface area contributed by atoms with Crippen LogP contribution in [0.1, 0.15) is 37.8 Å². The standard InChI is InChI=1S/C18H24N2O2/c1-12-6-4-7-14-13(11-19-17(12)14)10-16(21)20-9-5-8-15(20)18(2,3)22/h4,6-7,11,15,19,22H,5,8-10H2,1-3H3. The first-order chi connectivity index (χ1) is 10.4. The van der Waals surface area contributed by atoms with Crippen LogP contribution in [0, 0.1) is 6.92 Å². The van der Waals surface area contributed by atoms with Crippen LogP contribution in [0.15, 0.2) is 24.4 Å². The maximum absolute atomic E-state index is 12.7. The number of aromatic nitrogens is 1. The fourth-order valence-corrected chi connectivity index (χ4v) is 3.57. The van der Waals surface area contributed by atoms with Gasteiger partial charge in [0.1, 0.15) is 0 Å². The van der Waals surface area contributed by atoms with Crippen molar-refractivity contribution in [1.82, 2.24) is 9.88 Å². The van der Waals surface area contributed by atoms with E-state index in [1.165, 1.54) is 5.56 Å². The number of H-pyrrole nitrogens is 1. The van der Waals surface area contributed by atoms with Crippen LogP contribution in [0.2, 0.25) is 0 Å². The van der Waals surface area contributed by atoms with Crippen molar-refractivity contribution in [3.05, 3.63) is 35.5 Å². The van der Waals surface area contributed by atoms with E-state index in [4.69, 9.17) is 0 Å². The molecule has 0 spiro atoms. The van der Waals surface area contributed by atoms with Gasteiger partial charge in [-0.1, -0.05) is 18.2 Å². The van der Waals surface area contributed by atoms with Gasteiger partial charge < -0.3 is 15.0 Å². The van der Waals surface area contributed by atoms with Gasteiger partial charge in [-0.15, -0.1) is 0 Å². The van der Waals surface area contributed by atoms with Gasteiger partial charge in [0, 0.05) is 23.6 Å². The van der Waals surface area contributed by atoms with Crippen LogP contribution in [-0.2, 0) is 11.2 Å². The monoisotopic (exact) mass is 300 g/mol. The number of likely N-dealkylation sites (tertiary alicyclic amines) is 1. The molecule has 1 amide bonds. The van der Waals surface area contributed by atoms with Crippen molar-refractivity contribution in [2.75, 3.05) is 6.54 Å².